The summed E-state index contributed by atoms with van der Waals surface area (Å²) in [7, 11) is 1.46. The number of esters is 1. The van der Waals surface area contributed by atoms with E-state index in [4.69, 9.17) is 10.5 Å². The van der Waals surface area contributed by atoms with Gasteiger partial charge in [0.15, 0.2) is 0 Å². The summed E-state index contributed by atoms with van der Waals surface area (Å²) in [5.41, 5.74) is 6.40. The van der Waals surface area contributed by atoms with Gasteiger partial charge in [-0.3, -0.25) is 4.79 Å². The highest BCUT2D eigenvalue weighted by Crippen LogP contribution is 2.48. The summed E-state index contributed by atoms with van der Waals surface area (Å²) in [6.45, 7) is 0. The molecule has 1 heterocycles. The minimum absolute atomic E-state index is 0.0228. The number of carbonyl (C=O) groups excluding carboxylic acids is 1. The van der Waals surface area contributed by atoms with Crippen molar-refractivity contribution in [2.75, 3.05) is 7.11 Å². The molecule has 2 rings (SSSR count). The van der Waals surface area contributed by atoms with Crippen LogP contribution in [0, 0.1) is 5.41 Å². The third kappa shape index (κ3) is 3.84. The fourth-order valence-electron chi connectivity index (χ4n) is 3.07. The van der Waals surface area contributed by atoms with E-state index in [0.29, 0.717) is 6.42 Å². The van der Waals surface area contributed by atoms with Crippen molar-refractivity contribution in [2.45, 2.75) is 44.6 Å². The molecule has 0 radical (unpaired) electrons. The van der Waals surface area contributed by atoms with Gasteiger partial charge in [0.2, 0.25) is 0 Å². The van der Waals surface area contributed by atoms with Crippen LogP contribution < -0.4 is 5.73 Å². The SMILES string of the molecule is COC(=O)CC1(CC(N)c2cc(Br)c(Br)s2)CCCC1. The Morgan fingerprint density at radius 2 is 2.15 bits per heavy atom. The van der Waals surface area contributed by atoms with Crippen molar-refractivity contribution in [2.24, 2.45) is 11.1 Å². The fraction of sp³-hybridized carbons (Fsp3) is 0.643. The fourth-order valence-corrected chi connectivity index (χ4v) is 5.16. The average Bonchev–Trinajstić information content (AvgIpc) is 2.98. The topological polar surface area (TPSA) is 52.3 Å². The Kier molecular flexibility index (Phi) is 5.68. The molecule has 1 saturated carbocycles. The first-order chi connectivity index (χ1) is 9.46. The zero-order valence-electron chi connectivity index (χ0n) is 11.5. The molecule has 1 unspecified atom stereocenters. The van der Waals surface area contributed by atoms with Gasteiger partial charge in [-0.2, -0.15) is 0 Å². The maximum absolute atomic E-state index is 11.7. The van der Waals surface area contributed by atoms with Crippen LogP contribution in [0.3, 0.4) is 0 Å². The van der Waals surface area contributed by atoms with Gasteiger partial charge in [0.1, 0.15) is 0 Å². The molecule has 0 spiro atoms. The molecule has 20 heavy (non-hydrogen) atoms. The van der Waals surface area contributed by atoms with Crippen molar-refractivity contribution >= 4 is 49.2 Å². The lowest BCUT2D eigenvalue weighted by molar-refractivity contribution is -0.143. The molecule has 3 nitrogen and oxygen atoms in total. The summed E-state index contributed by atoms with van der Waals surface area (Å²) >= 11 is 8.66. The van der Waals surface area contributed by atoms with Crippen molar-refractivity contribution in [3.8, 4) is 0 Å². The van der Waals surface area contributed by atoms with E-state index < -0.39 is 0 Å². The molecular weight excluding hydrogens is 406 g/mol. The Labute approximate surface area is 140 Å². The highest BCUT2D eigenvalue weighted by molar-refractivity contribution is 9.13. The van der Waals surface area contributed by atoms with Crippen molar-refractivity contribution in [1.29, 1.82) is 0 Å². The second-order valence-corrected chi connectivity index (χ2v) is 8.80. The minimum atomic E-state index is -0.118. The number of carbonyl (C=O) groups is 1. The Morgan fingerprint density at radius 1 is 1.50 bits per heavy atom. The molecule has 1 aromatic heterocycles. The number of ether oxygens (including phenoxy) is 1. The maximum atomic E-state index is 11.7. The first kappa shape index (κ1) is 16.5. The monoisotopic (exact) mass is 423 g/mol. The van der Waals surface area contributed by atoms with Gasteiger partial charge in [-0.1, -0.05) is 12.8 Å². The van der Waals surface area contributed by atoms with E-state index in [1.165, 1.54) is 20.0 Å². The van der Waals surface area contributed by atoms with Gasteiger partial charge in [0.25, 0.3) is 0 Å². The minimum Gasteiger partial charge on any atom is -0.469 e. The van der Waals surface area contributed by atoms with Crippen molar-refractivity contribution in [3.63, 3.8) is 0 Å². The number of rotatable bonds is 5. The van der Waals surface area contributed by atoms with Gasteiger partial charge in [0, 0.05) is 15.4 Å². The molecule has 0 aliphatic heterocycles. The van der Waals surface area contributed by atoms with Gasteiger partial charge in [0.05, 0.1) is 17.3 Å². The summed E-state index contributed by atoms with van der Waals surface area (Å²) in [4.78, 5) is 12.8. The third-order valence-corrected chi connectivity index (χ3v) is 7.48. The Hall–Kier alpha value is 0.0900. The molecule has 2 N–H and O–H groups in total. The van der Waals surface area contributed by atoms with Crippen LogP contribution in [-0.4, -0.2) is 13.1 Å². The van der Waals surface area contributed by atoms with Crippen LogP contribution in [0.15, 0.2) is 14.3 Å². The number of hydrogen-bond acceptors (Lipinski definition) is 4. The molecule has 1 atom stereocenters. The van der Waals surface area contributed by atoms with E-state index >= 15 is 0 Å². The zero-order valence-corrected chi connectivity index (χ0v) is 15.4. The molecule has 6 heteroatoms. The number of nitrogens with two attached hydrogens (primary N) is 1. The third-order valence-electron chi connectivity index (χ3n) is 4.09. The van der Waals surface area contributed by atoms with Gasteiger partial charge in [-0.25, -0.2) is 0 Å². The van der Waals surface area contributed by atoms with E-state index in [1.807, 2.05) is 0 Å². The summed E-state index contributed by atoms with van der Waals surface area (Å²) in [5, 5.41) is 0. The van der Waals surface area contributed by atoms with Crippen molar-refractivity contribution in [3.05, 3.63) is 19.2 Å². The lowest BCUT2D eigenvalue weighted by Crippen LogP contribution is -2.27. The molecule has 1 aliphatic carbocycles. The van der Waals surface area contributed by atoms with Crippen LogP contribution >= 0.6 is 43.2 Å². The molecule has 0 saturated heterocycles. The second-order valence-electron chi connectivity index (χ2n) is 5.54. The Morgan fingerprint density at radius 3 is 2.65 bits per heavy atom. The smallest absolute Gasteiger partial charge is 0.306 e. The second kappa shape index (κ2) is 6.90. The zero-order chi connectivity index (χ0) is 14.8. The van der Waals surface area contributed by atoms with Gasteiger partial charge in [-0.15, -0.1) is 11.3 Å². The van der Waals surface area contributed by atoms with E-state index in [9.17, 15) is 4.79 Å². The molecule has 0 amide bonds. The first-order valence-electron chi connectivity index (χ1n) is 6.73. The number of thiophene rings is 1. The van der Waals surface area contributed by atoms with E-state index in [0.717, 1.165) is 32.4 Å². The average molecular weight is 425 g/mol. The number of halogens is 2. The van der Waals surface area contributed by atoms with E-state index in [2.05, 4.69) is 37.9 Å². The molecule has 1 fully saturated rings. The lowest BCUT2D eigenvalue weighted by Gasteiger charge is -2.30. The van der Waals surface area contributed by atoms with E-state index in [-0.39, 0.29) is 17.4 Å². The van der Waals surface area contributed by atoms with Gasteiger partial charge < -0.3 is 10.5 Å². The molecule has 112 valence electrons. The summed E-state index contributed by atoms with van der Waals surface area (Å²) in [5.74, 6) is -0.118. The predicted molar refractivity (Wildman–Crippen MR) is 88.8 cm³/mol. The van der Waals surface area contributed by atoms with Gasteiger partial charge in [-0.05, 0) is 62.6 Å². The summed E-state index contributed by atoms with van der Waals surface area (Å²) in [6, 6.07) is 2.05. The van der Waals surface area contributed by atoms with Crippen LogP contribution in [0.4, 0.5) is 0 Å². The maximum Gasteiger partial charge on any atom is 0.306 e. The van der Waals surface area contributed by atoms with Crippen LogP contribution in [-0.2, 0) is 9.53 Å². The standard InChI is InChI=1S/C14H19Br2NO2S/c1-19-12(18)8-14(4-2-3-5-14)7-10(17)11-6-9(15)13(16)20-11/h6,10H,2-5,7-8,17H2,1H3. The quantitative estimate of drug-likeness (QED) is 0.691. The molecule has 1 aromatic rings. The van der Waals surface area contributed by atoms with Crippen LogP contribution in [0.1, 0.15) is 49.4 Å². The normalized spacial score (nSPS) is 19.0. The Bertz CT molecular complexity index is 464. The molecular formula is C14H19Br2NO2S. The van der Waals surface area contributed by atoms with Crippen molar-refractivity contribution < 1.29 is 9.53 Å². The molecule has 1 aliphatic rings. The number of hydrogen-bond donors (Lipinski definition) is 1. The summed E-state index contributed by atoms with van der Waals surface area (Å²) < 4.78 is 6.96. The van der Waals surface area contributed by atoms with Crippen LogP contribution in [0.2, 0.25) is 0 Å². The summed E-state index contributed by atoms with van der Waals surface area (Å²) in [6.07, 6.45) is 5.85. The molecule has 0 bridgehead atoms. The highest BCUT2D eigenvalue weighted by atomic mass is 79.9. The largest absolute Gasteiger partial charge is 0.469 e. The Balaban J connectivity index is 2.09. The highest BCUT2D eigenvalue weighted by Gasteiger charge is 2.38. The van der Waals surface area contributed by atoms with Gasteiger partial charge >= 0.3 is 5.97 Å². The number of methoxy groups -OCH3 is 1. The molecule has 0 aromatic carbocycles. The van der Waals surface area contributed by atoms with E-state index in [1.54, 1.807) is 11.3 Å². The van der Waals surface area contributed by atoms with Crippen LogP contribution in [0.25, 0.3) is 0 Å². The first-order valence-corrected chi connectivity index (χ1v) is 9.13. The predicted octanol–water partition coefficient (Wildman–Crippen LogP) is 4.79. The van der Waals surface area contributed by atoms with Crippen molar-refractivity contribution in [1.82, 2.24) is 0 Å². The van der Waals surface area contributed by atoms with Crippen LogP contribution in [0.5, 0.6) is 0 Å². The lowest BCUT2D eigenvalue weighted by atomic mass is 9.77.